The third-order valence-electron chi connectivity index (χ3n) is 2.68. The van der Waals surface area contributed by atoms with Crippen molar-refractivity contribution in [3.8, 4) is 0 Å². The molecule has 0 amide bonds. The van der Waals surface area contributed by atoms with Gasteiger partial charge in [0.15, 0.2) is 4.77 Å². The van der Waals surface area contributed by atoms with Crippen LogP contribution in [0.1, 0.15) is 12.8 Å². The molecule has 2 rings (SSSR count). The zero-order chi connectivity index (χ0) is 12.3. The molecule has 1 heterocycles. The van der Waals surface area contributed by atoms with Crippen molar-refractivity contribution in [3.63, 3.8) is 0 Å². The van der Waals surface area contributed by atoms with Crippen LogP contribution >= 0.6 is 12.2 Å². The first kappa shape index (κ1) is 12.0. The maximum atomic E-state index is 12.2. The summed E-state index contributed by atoms with van der Waals surface area (Å²) in [6, 6.07) is 7.32. The van der Waals surface area contributed by atoms with E-state index in [2.05, 4.69) is 4.98 Å². The van der Waals surface area contributed by atoms with Crippen LogP contribution in [-0.4, -0.2) is 21.3 Å². The van der Waals surface area contributed by atoms with E-state index in [1.807, 2.05) is 18.2 Å². The number of aliphatic hydroxyl groups excluding tert-OH is 1. The summed E-state index contributed by atoms with van der Waals surface area (Å²) in [5, 5.41) is 9.38. The molecule has 5 heteroatoms. The second-order valence-electron chi connectivity index (χ2n) is 3.86. The third-order valence-corrected chi connectivity index (χ3v) is 3.00. The van der Waals surface area contributed by atoms with Gasteiger partial charge in [0, 0.05) is 13.2 Å². The Morgan fingerprint density at radius 1 is 1.29 bits per heavy atom. The molecule has 0 aliphatic heterocycles. The van der Waals surface area contributed by atoms with Gasteiger partial charge in [-0.15, -0.1) is 0 Å². The van der Waals surface area contributed by atoms with Crippen LogP contribution in [0, 0.1) is 4.77 Å². The normalized spacial score (nSPS) is 10.9. The number of aliphatic hydroxyl groups is 1. The highest BCUT2D eigenvalue weighted by Gasteiger charge is 2.04. The predicted molar refractivity (Wildman–Crippen MR) is 69.7 cm³/mol. The van der Waals surface area contributed by atoms with Crippen molar-refractivity contribution in [2.75, 3.05) is 6.61 Å². The van der Waals surface area contributed by atoms with Gasteiger partial charge in [0.1, 0.15) is 0 Å². The summed E-state index contributed by atoms with van der Waals surface area (Å²) in [6.07, 6.45) is 1.42. The molecule has 2 aromatic rings. The fraction of sp³-hybridized carbons (Fsp3) is 0.333. The van der Waals surface area contributed by atoms with Crippen molar-refractivity contribution >= 4 is 23.1 Å². The lowest BCUT2D eigenvalue weighted by molar-refractivity contribution is 0.281. The Bertz CT molecular complexity index is 630. The number of nitrogens with zero attached hydrogens (tertiary/aromatic N) is 1. The summed E-state index contributed by atoms with van der Waals surface area (Å²) in [5.74, 6) is 0. The Hall–Kier alpha value is -1.46. The Morgan fingerprint density at radius 3 is 2.82 bits per heavy atom. The number of aromatic amines is 1. The summed E-state index contributed by atoms with van der Waals surface area (Å²) >= 11 is 5.16. The summed E-state index contributed by atoms with van der Waals surface area (Å²) in [7, 11) is 0. The number of H-pyrrole nitrogens is 1. The molecule has 90 valence electrons. The third kappa shape index (κ3) is 2.45. The lowest BCUT2D eigenvalue weighted by Gasteiger charge is -2.07. The van der Waals surface area contributed by atoms with Crippen LogP contribution in [0.5, 0.6) is 0 Å². The van der Waals surface area contributed by atoms with Crippen molar-refractivity contribution in [1.29, 1.82) is 0 Å². The van der Waals surface area contributed by atoms with E-state index in [0.717, 1.165) is 11.9 Å². The van der Waals surface area contributed by atoms with Crippen LogP contribution in [0.2, 0.25) is 0 Å². The SMILES string of the molecule is O=c1c2ccccc2[nH]c(=S)n1CCCCO. The molecule has 1 aromatic heterocycles. The van der Waals surface area contributed by atoms with E-state index in [0.29, 0.717) is 23.1 Å². The Kier molecular flexibility index (Phi) is 3.71. The van der Waals surface area contributed by atoms with Gasteiger partial charge in [0.25, 0.3) is 5.56 Å². The topological polar surface area (TPSA) is 58.0 Å². The molecule has 0 atom stereocenters. The summed E-state index contributed by atoms with van der Waals surface area (Å²) in [5.41, 5.74) is 0.697. The molecule has 0 saturated heterocycles. The fourth-order valence-corrected chi connectivity index (χ4v) is 2.07. The van der Waals surface area contributed by atoms with E-state index >= 15 is 0 Å². The lowest BCUT2D eigenvalue weighted by atomic mass is 10.2. The second kappa shape index (κ2) is 5.25. The maximum Gasteiger partial charge on any atom is 0.262 e. The molecule has 0 fully saturated rings. The van der Waals surface area contributed by atoms with Crippen LogP contribution in [0.25, 0.3) is 10.9 Å². The van der Waals surface area contributed by atoms with Gasteiger partial charge in [-0.3, -0.25) is 9.36 Å². The largest absolute Gasteiger partial charge is 0.396 e. The van der Waals surface area contributed by atoms with E-state index in [-0.39, 0.29) is 12.2 Å². The van der Waals surface area contributed by atoms with Crippen LogP contribution in [0.3, 0.4) is 0 Å². The van der Waals surface area contributed by atoms with Gasteiger partial charge < -0.3 is 10.1 Å². The maximum absolute atomic E-state index is 12.2. The summed E-state index contributed by atoms with van der Waals surface area (Å²) in [6.45, 7) is 0.679. The average Bonchev–Trinajstić information content (AvgIpc) is 2.33. The van der Waals surface area contributed by atoms with Gasteiger partial charge in [-0.2, -0.15) is 0 Å². The minimum Gasteiger partial charge on any atom is -0.396 e. The lowest BCUT2D eigenvalue weighted by Crippen LogP contribution is -2.22. The first-order valence-electron chi connectivity index (χ1n) is 5.57. The van der Waals surface area contributed by atoms with Crippen molar-refractivity contribution < 1.29 is 5.11 Å². The van der Waals surface area contributed by atoms with Crippen molar-refractivity contribution in [2.45, 2.75) is 19.4 Å². The number of rotatable bonds is 4. The number of nitrogens with one attached hydrogen (secondary N) is 1. The van der Waals surface area contributed by atoms with Gasteiger partial charge in [-0.25, -0.2) is 0 Å². The molecule has 1 aromatic carbocycles. The first-order chi connectivity index (χ1) is 8.24. The molecule has 0 spiro atoms. The summed E-state index contributed by atoms with van der Waals surface area (Å²) < 4.78 is 1.99. The number of unbranched alkanes of at least 4 members (excludes halogenated alkanes) is 1. The zero-order valence-corrected chi connectivity index (χ0v) is 10.2. The molecule has 4 nitrogen and oxygen atoms in total. The van der Waals surface area contributed by atoms with Crippen molar-refractivity contribution in [1.82, 2.24) is 9.55 Å². The van der Waals surface area contributed by atoms with E-state index in [1.54, 1.807) is 10.6 Å². The number of benzene rings is 1. The molecule has 2 N–H and O–H groups in total. The number of fused-ring (bicyclic) bond motifs is 1. The monoisotopic (exact) mass is 250 g/mol. The quantitative estimate of drug-likeness (QED) is 0.643. The van der Waals surface area contributed by atoms with Gasteiger partial charge in [-0.05, 0) is 37.2 Å². The highest BCUT2D eigenvalue weighted by atomic mass is 32.1. The van der Waals surface area contributed by atoms with Crippen LogP contribution in [0.15, 0.2) is 29.1 Å². The minimum atomic E-state index is -0.0673. The molecule has 0 bridgehead atoms. The Morgan fingerprint density at radius 2 is 2.06 bits per heavy atom. The van der Waals surface area contributed by atoms with Crippen LogP contribution < -0.4 is 5.56 Å². The van der Waals surface area contributed by atoms with E-state index in [9.17, 15) is 4.79 Å². The van der Waals surface area contributed by atoms with Gasteiger partial charge in [0.05, 0.1) is 10.9 Å². The first-order valence-corrected chi connectivity index (χ1v) is 5.97. The van der Waals surface area contributed by atoms with Crippen molar-refractivity contribution in [2.24, 2.45) is 0 Å². The zero-order valence-electron chi connectivity index (χ0n) is 9.35. The van der Waals surface area contributed by atoms with Gasteiger partial charge >= 0.3 is 0 Å². The molecular formula is C12H14N2O2S. The molecule has 17 heavy (non-hydrogen) atoms. The van der Waals surface area contributed by atoms with Gasteiger partial charge in [-0.1, -0.05) is 12.1 Å². The molecule has 0 saturated carbocycles. The predicted octanol–water partition coefficient (Wildman–Crippen LogP) is 1.83. The smallest absolute Gasteiger partial charge is 0.262 e. The molecular weight excluding hydrogens is 236 g/mol. The van der Waals surface area contributed by atoms with Crippen LogP contribution in [-0.2, 0) is 6.54 Å². The summed E-state index contributed by atoms with van der Waals surface area (Å²) in [4.78, 5) is 15.2. The van der Waals surface area contributed by atoms with Crippen LogP contribution in [0.4, 0.5) is 0 Å². The second-order valence-corrected chi connectivity index (χ2v) is 4.25. The number of aromatic nitrogens is 2. The fourth-order valence-electron chi connectivity index (χ4n) is 1.78. The van der Waals surface area contributed by atoms with E-state index < -0.39 is 0 Å². The highest BCUT2D eigenvalue weighted by molar-refractivity contribution is 7.71. The Labute approximate surface area is 104 Å². The number of hydrogen-bond donors (Lipinski definition) is 2. The number of hydrogen-bond acceptors (Lipinski definition) is 3. The average molecular weight is 250 g/mol. The number of para-hydroxylation sites is 1. The Balaban J connectivity index is 2.49. The van der Waals surface area contributed by atoms with E-state index in [4.69, 9.17) is 17.3 Å². The van der Waals surface area contributed by atoms with Crippen molar-refractivity contribution in [3.05, 3.63) is 39.4 Å². The standard InChI is InChI=1S/C12H14N2O2S/c15-8-4-3-7-14-11(16)9-5-1-2-6-10(9)13-12(14)17/h1-2,5-6,15H,3-4,7-8H2,(H,13,17). The molecule has 0 aliphatic carbocycles. The molecule has 0 unspecified atom stereocenters. The minimum absolute atomic E-state index is 0.0673. The van der Waals surface area contributed by atoms with Gasteiger partial charge in [0.2, 0.25) is 0 Å². The molecule has 0 aliphatic rings. The molecule has 0 radical (unpaired) electrons. The highest BCUT2D eigenvalue weighted by Crippen LogP contribution is 2.06. The van der Waals surface area contributed by atoms with E-state index in [1.165, 1.54) is 0 Å².